The number of carbonyl (C=O) groups excluding carboxylic acids is 2. The quantitative estimate of drug-likeness (QED) is 0.260. The number of nitrogens with zero attached hydrogens (tertiary/aromatic N) is 1. The van der Waals surface area contributed by atoms with Crippen molar-refractivity contribution in [3.63, 3.8) is 0 Å². The van der Waals surface area contributed by atoms with Gasteiger partial charge in [0.05, 0.1) is 12.0 Å². The number of rotatable bonds is 4. The molecule has 8 nitrogen and oxygen atoms in total. The van der Waals surface area contributed by atoms with E-state index in [4.69, 9.17) is 19.0 Å². The van der Waals surface area contributed by atoms with Gasteiger partial charge < -0.3 is 24.2 Å². The molecule has 1 aromatic carbocycles. The number of oxime groups is 1. The predicted octanol–water partition coefficient (Wildman–Crippen LogP) is 4.22. The van der Waals surface area contributed by atoms with E-state index < -0.39 is 40.9 Å². The normalized spacial score (nSPS) is 40.8. The minimum absolute atomic E-state index is 0.0191. The standard InChI is InChI=1S/C32H39NO7/c1-17-15-31-18(2)13-22-23(29(22,3)4)21(25(31)34)14-20-16-38-30(5,6)40-27(20)32(31,36)26(17)39-28(35)24(33-37-7)19-11-9-8-10-12-19/h8-12,14-15,18,21-23,26-27,36H,13,16H2,1-7H3/t18-,21+,22-,23+,26+,27-,31+,32-/m1/s1. The number of carbonyl (C=O) groups is 2. The van der Waals surface area contributed by atoms with Gasteiger partial charge in [-0.3, -0.25) is 4.79 Å². The summed E-state index contributed by atoms with van der Waals surface area (Å²) >= 11 is 0. The van der Waals surface area contributed by atoms with Crippen molar-refractivity contribution in [2.45, 2.75) is 71.6 Å². The van der Waals surface area contributed by atoms with Gasteiger partial charge in [-0.15, -0.1) is 0 Å². The van der Waals surface area contributed by atoms with Crippen molar-refractivity contribution >= 4 is 17.5 Å². The number of aliphatic hydroxyl groups is 1. The molecule has 8 atom stereocenters. The smallest absolute Gasteiger partial charge is 0.361 e. The maximum atomic E-state index is 14.8. The Bertz CT molecular complexity index is 1340. The van der Waals surface area contributed by atoms with Gasteiger partial charge in [0.1, 0.15) is 13.2 Å². The summed E-state index contributed by atoms with van der Waals surface area (Å²) in [6, 6.07) is 8.88. The lowest BCUT2D eigenvalue weighted by Crippen LogP contribution is -2.68. The first kappa shape index (κ1) is 27.4. The van der Waals surface area contributed by atoms with Gasteiger partial charge in [0.25, 0.3) is 0 Å². The van der Waals surface area contributed by atoms with Crippen molar-refractivity contribution in [3.05, 3.63) is 59.2 Å². The van der Waals surface area contributed by atoms with Crippen molar-refractivity contribution in [1.29, 1.82) is 0 Å². The minimum atomic E-state index is -1.89. The fourth-order valence-corrected chi connectivity index (χ4v) is 8.36. The number of ether oxygens (including phenoxy) is 3. The molecule has 2 saturated carbocycles. The molecule has 40 heavy (non-hydrogen) atoms. The van der Waals surface area contributed by atoms with E-state index in [1.165, 1.54) is 7.11 Å². The number of Topliss-reactive ketones (excluding diaryl/α,β-unsaturated/α-hetero) is 1. The Morgan fingerprint density at radius 1 is 1.15 bits per heavy atom. The lowest BCUT2D eigenvalue weighted by Gasteiger charge is -2.52. The molecule has 5 aliphatic rings. The van der Waals surface area contributed by atoms with Crippen LogP contribution in [0.25, 0.3) is 0 Å². The molecule has 0 unspecified atom stereocenters. The molecule has 1 heterocycles. The third-order valence-electron chi connectivity index (χ3n) is 10.3. The van der Waals surface area contributed by atoms with Gasteiger partial charge >= 0.3 is 5.97 Å². The summed E-state index contributed by atoms with van der Waals surface area (Å²) in [5.41, 5.74) is -1.36. The van der Waals surface area contributed by atoms with Crippen LogP contribution in [0.2, 0.25) is 0 Å². The fourth-order valence-electron chi connectivity index (χ4n) is 8.36. The number of hydrogen-bond donors (Lipinski definition) is 1. The highest BCUT2D eigenvalue weighted by atomic mass is 16.7. The molecule has 1 aromatic rings. The highest BCUT2D eigenvalue weighted by Crippen LogP contribution is 2.72. The van der Waals surface area contributed by atoms with Gasteiger partial charge in [-0.2, -0.15) is 0 Å². The summed E-state index contributed by atoms with van der Waals surface area (Å²) in [6.45, 7) is 12.1. The maximum absolute atomic E-state index is 14.8. The van der Waals surface area contributed by atoms with Crippen LogP contribution >= 0.6 is 0 Å². The lowest BCUT2D eigenvalue weighted by atomic mass is 9.59. The van der Waals surface area contributed by atoms with Crippen molar-refractivity contribution in [1.82, 2.24) is 0 Å². The van der Waals surface area contributed by atoms with E-state index in [1.807, 2.05) is 32.1 Å². The number of ketones is 1. The largest absolute Gasteiger partial charge is 0.450 e. The second kappa shape index (κ2) is 8.84. The van der Waals surface area contributed by atoms with E-state index in [0.29, 0.717) is 17.1 Å². The third-order valence-corrected chi connectivity index (χ3v) is 10.3. The lowest BCUT2D eigenvalue weighted by molar-refractivity contribution is -0.303. The monoisotopic (exact) mass is 549 g/mol. The Morgan fingerprint density at radius 3 is 2.52 bits per heavy atom. The van der Waals surface area contributed by atoms with Crippen LogP contribution in [0.5, 0.6) is 0 Å². The number of benzene rings is 1. The van der Waals surface area contributed by atoms with E-state index in [9.17, 15) is 14.7 Å². The van der Waals surface area contributed by atoms with Crippen LogP contribution in [0.1, 0.15) is 53.5 Å². The Morgan fingerprint density at radius 2 is 1.85 bits per heavy atom. The minimum Gasteiger partial charge on any atom is -0.450 e. The summed E-state index contributed by atoms with van der Waals surface area (Å²) in [6.07, 6.45) is 2.58. The van der Waals surface area contributed by atoms with Crippen molar-refractivity contribution < 1.29 is 33.7 Å². The fraction of sp³-hybridized carbons (Fsp3) is 0.594. The topological polar surface area (TPSA) is 104 Å². The van der Waals surface area contributed by atoms with E-state index in [1.54, 1.807) is 38.1 Å². The molecule has 214 valence electrons. The Labute approximate surface area is 235 Å². The van der Waals surface area contributed by atoms with Crippen molar-refractivity contribution in [3.8, 4) is 0 Å². The average molecular weight is 550 g/mol. The molecule has 4 aliphatic carbocycles. The molecule has 6 rings (SSSR count). The van der Waals surface area contributed by atoms with Gasteiger partial charge in [-0.1, -0.05) is 68.4 Å². The van der Waals surface area contributed by atoms with Gasteiger partial charge in [-0.25, -0.2) is 4.79 Å². The van der Waals surface area contributed by atoms with Crippen LogP contribution in [-0.4, -0.2) is 59.9 Å². The second-order valence-electron chi connectivity index (χ2n) is 13.3. The highest BCUT2D eigenvalue weighted by Gasteiger charge is 2.77. The Kier molecular flexibility index (Phi) is 6.05. The zero-order valence-corrected chi connectivity index (χ0v) is 24.3. The number of hydrogen-bond acceptors (Lipinski definition) is 8. The summed E-state index contributed by atoms with van der Waals surface area (Å²) in [5.74, 6) is -1.89. The van der Waals surface area contributed by atoms with Gasteiger partial charge in [0.15, 0.2) is 29.0 Å². The number of esters is 1. The molecule has 1 saturated heterocycles. The molecule has 8 heteroatoms. The number of fused-ring (bicyclic) bond motifs is 5. The van der Waals surface area contributed by atoms with Crippen molar-refractivity contribution in [2.75, 3.05) is 13.7 Å². The summed E-state index contributed by atoms with van der Waals surface area (Å²) < 4.78 is 18.7. The second-order valence-corrected chi connectivity index (χ2v) is 13.3. The Balaban J connectivity index is 1.49. The van der Waals surface area contributed by atoms with Gasteiger partial charge in [0, 0.05) is 11.5 Å². The van der Waals surface area contributed by atoms with Crippen LogP contribution in [0.3, 0.4) is 0 Å². The van der Waals surface area contributed by atoms with Crippen LogP contribution in [-0.2, 0) is 28.6 Å². The van der Waals surface area contributed by atoms with Crippen molar-refractivity contribution in [2.24, 2.45) is 39.7 Å². The third kappa shape index (κ3) is 3.58. The molecular formula is C32H39NO7. The summed E-state index contributed by atoms with van der Waals surface area (Å²) in [7, 11) is 1.36. The molecule has 2 bridgehead atoms. The average Bonchev–Trinajstić information content (AvgIpc) is 3.40. The van der Waals surface area contributed by atoms with E-state index in [0.717, 1.165) is 12.0 Å². The summed E-state index contributed by atoms with van der Waals surface area (Å²) in [4.78, 5) is 33.5. The molecule has 0 amide bonds. The first-order chi connectivity index (χ1) is 18.8. The first-order valence-corrected chi connectivity index (χ1v) is 14.2. The number of allylic oxidation sites excluding steroid dienone is 1. The van der Waals surface area contributed by atoms with Crippen LogP contribution in [0.15, 0.2) is 58.8 Å². The summed E-state index contributed by atoms with van der Waals surface area (Å²) in [5, 5.41) is 17.1. The van der Waals surface area contributed by atoms with E-state index >= 15 is 0 Å². The van der Waals surface area contributed by atoms with Crippen LogP contribution in [0.4, 0.5) is 0 Å². The van der Waals surface area contributed by atoms with Crippen LogP contribution in [0, 0.1) is 34.5 Å². The van der Waals surface area contributed by atoms with Gasteiger partial charge in [0.2, 0.25) is 0 Å². The first-order valence-electron chi connectivity index (χ1n) is 14.2. The van der Waals surface area contributed by atoms with E-state index in [-0.39, 0.29) is 35.4 Å². The van der Waals surface area contributed by atoms with E-state index in [2.05, 4.69) is 19.0 Å². The molecule has 1 spiro atoms. The molecule has 3 fully saturated rings. The van der Waals surface area contributed by atoms with Gasteiger partial charge in [-0.05, 0) is 61.5 Å². The maximum Gasteiger partial charge on any atom is 0.361 e. The predicted molar refractivity (Wildman–Crippen MR) is 147 cm³/mol. The molecule has 0 radical (unpaired) electrons. The molecular weight excluding hydrogens is 510 g/mol. The zero-order valence-electron chi connectivity index (χ0n) is 24.3. The molecule has 0 aromatic heterocycles. The molecule has 1 aliphatic heterocycles. The van der Waals surface area contributed by atoms with Crippen LogP contribution < -0.4 is 0 Å². The highest BCUT2D eigenvalue weighted by molar-refractivity contribution is 6.43. The zero-order chi connectivity index (χ0) is 28.8. The SMILES string of the molecule is CON=C(C(=O)O[C@H]1C(C)=C[C@]23C(=O)[C@@H](C=C4COC(C)(C)O[C@H]4[C@]12O)[C@H]1[C@@H](C[C@H]3C)C1(C)C)c1ccccc1. The Hall–Kier alpha value is -2.81. The molecule has 1 N–H and O–H groups in total.